The maximum atomic E-state index is 12.8. The second-order valence-electron chi connectivity index (χ2n) is 6.93. The van der Waals surface area contributed by atoms with Gasteiger partial charge in [-0.3, -0.25) is 4.79 Å². The molecule has 0 radical (unpaired) electrons. The maximum Gasteiger partial charge on any atom is 0.244 e. The van der Waals surface area contributed by atoms with E-state index in [1.165, 1.54) is 16.4 Å². The molecule has 1 aliphatic carbocycles. The van der Waals surface area contributed by atoms with Crippen LogP contribution in [0.3, 0.4) is 0 Å². The van der Waals surface area contributed by atoms with Crippen molar-refractivity contribution in [2.45, 2.75) is 55.4 Å². The van der Waals surface area contributed by atoms with Gasteiger partial charge in [0.1, 0.15) is 4.90 Å². The molecular formula is C17H24ClN3O3S. The van der Waals surface area contributed by atoms with E-state index in [1.807, 2.05) is 0 Å². The molecule has 25 heavy (non-hydrogen) atoms. The summed E-state index contributed by atoms with van der Waals surface area (Å²) in [5.41, 5.74) is 5.76. The number of amides is 1. The number of hydrogen-bond acceptors (Lipinski definition) is 4. The van der Waals surface area contributed by atoms with Crippen molar-refractivity contribution in [3.63, 3.8) is 0 Å². The van der Waals surface area contributed by atoms with Crippen LogP contribution in [0.1, 0.15) is 44.9 Å². The van der Waals surface area contributed by atoms with Gasteiger partial charge in [0, 0.05) is 18.8 Å². The highest BCUT2D eigenvalue weighted by atomic mass is 35.5. The number of rotatable bonds is 4. The lowest BCUT2D eigenvalue weighted by Crippen LogP contribution is -2.52. The van der Waals surface area contributed by atoms with Crippen LogP contribution in [0.25, 0.3) is 0 Å². The van der Waals surface area contributed by atoms with Gasteiger partial charge in [0.15, 0.2) is 0 Å². The summed E-state index contributed by atoms with van der Waals surface area (Å²) in [6, 6.07) is 4.54. The third kappa shape index (κ3) is 3.84. The van der Waals surface area contributed by atoms with E-state index >= 15 is 0 Å². The molecule has 3 rings (SSSR count). The SMILES string of the molecule is NC1(C(=O)Nc2ccc(Cl)c(S(=O)(=O)N3CCCC3)c2)CCCCC1. The van der Waals surface area contributed by atoms with E-state index in [4.69, 9.17) is 17.3 Å². The summed E-state index contributed by atoms with van der Waals surface area (Å²) in [6.45, 7) is 1.00. The Balaban J connectivity index is 1.83. The Kier molecular flexibility index (Phi) is 5.39. The number of benzene rings is 1. The van der Waals surface area contributed by atoms with Crippen LogP contribution in [0.5, 0.6) is 0 Å². The Morgan fingerprint density at radius 3 is 2.40 bits per heavy atom. The highest BCUT2D eigenvalue weighted by molar-refractivity contribution is 7.89. The lowest BCUT2D eigenvalue weighted by molar-refractivity contribution is -0.122. The topological polar surface area (TPSA) is 92.5 Å². The molecule has 1 saturated carbocycles. The van der Waals surface area contributed by atoms with E-state index in [-0.39, 0.29) is 15.8 Å². The van der Waals surface area contributed by atoms with Crippen molar-refractivity contribution in [3.8, 4) is 0 Å². The molecule has 1 amide bonds. The van der Waals surface area contributed by atoms with Gasteiger partial charge in [-0.15, -0.1) is 0 Å². The molecular weight excluding hydrogens is 362 g/mol. The standard InChI is InChI=1S/C17H24ClN3O3S/c18-14-7-6-13(20-16(22)17(19)8-2-1-3-9-17)12-15(14)25(23,24)21-10-4-5-11-21/h6-7,12H,1-5,8-11,19H2,(H,20,22). The Labute approximate surface area is 153 Å². The summed E-state index contributed by atoms with van der Waals surface area (Å²) >= 11 is 6.13. The van der Waals surface area contributed by atoms with Gasteiger partial charge in [-0.1, -0.05) is 30.9 Å². The molecule has 2 fully saturated rings. The molecule has 1 aromatic carbocycles. The fraction of sp³-hybridized carbons (Fsp3) is 0.588. The van der Waals surface area contributed by atoms with Gasteiger partial charge in [-0.2, -0.15) is 4.31 Å². The summed E-state index contributed by atoms with van der Waals surface area (Å²) < 4.78 is 27.0. The molecule has 0 unspecified atom stereocenters. The first-order valence-corrected chi connectivity index (χ1v) is 10.5. The zero-order valence-corrected chi connectivity index (χ0v) is 15.7. The third-order valence-electron chi connectivity index (χ3n) is 5.07. The van der Waals surface area contributed by atoms with Crippen molar-refractivity contribution >= 4 is 33.2 Å². The highest BCUT2D eigenvalue weighted by Crippen LogP contribution is 2.31. The largest absolute Gasteiger partial charge is 0.324 e. The Hall–Kier alpha value is -1.15. The van der Waals surface area contributed by atoms with E-state index in [1.54, 1.807) is 6.07 Å². The minimum Gasteiger partial charge on any atom is -0.324 e. The van der Waals surface area contributed by atoms with Gasteiger partial charge >= 0.3 is 0 Å². The summed E-state index contributed by atoms with van der Waals surface area (Å²) in [4.78, 5) is 12.6. The number of nitrogens with one attached hydrogen (secondary N) is 1. The second-order valence-corrected chi connectivity index (χ2v) is 9.24. The number of hydrogen-bond donors (Lipinski definition) is 2. The third-order valence-corrected chi connectivity index (χ3v) is 7.45. The van der Waals surface area contributed by atoms with Gasteiger partial charge in [-0.05, 0) is 43.9 Å². The molecule has 0 spiro atoms. The first-order valence-electron chi connectivity index (χ1n) is 8.73. The summed E-state index contributed by atoms with van der Waals surface area (Å²) in [7, 11) is -3.65. The number of nitrogens with two attached hydrogens (primary N) is 1. The molecule has 0 aromatic heterocycles. The van der Waals surface area contributed by atoms with Crippen LogP contribution < -0.4 is 11.1 Å². The van der Waals surface area contributed by atoms with E-state index in [9.17, 15) is 13.2 Å². The molecule has 1 saturated heterocycles. The van der Waals surface area contributed by atoms with Crippen LogP contribution in [-0.2, 0) is 14.8 Å². The Morgan fingerprint density at radius 2 is 1.76 bits per heavy atom. The van der Waals surface area contributed by atoms with Gasteiger partial charge in [-0.25, -0.2) is 8.42 Å². The van der Waals surface area contributed by atoms with Gasteiger partial charge in [0.2, 0.25) is 15.9 Å². The van der Waals surface area contributed by atoms with Crippen molar-refractivity contribution in [1.29, 1.82) is 0 Å². The predicted octanol–water partition coefficient (Wildman–Crippen LogP) is 2.72. The first-order chi connectivity index (χ1) is 11.8. The predicted molar refractivity (Wildman–Crippen MR) is 98.1 cm³/mol. The number of carbonyl (C=O) groups is 1. The summed E-state index contributed by atoms with van der Waals surface area (Å²) in [6.07, 6.45) is 5.94. The molecule has 6 nitrogen and oxygen atoms in total. The zero-order valence-electron chi connectivity index (χ0n) is 14.1. The highest BCUT2D eigenvalue weighted by Gasteiger charge is 2.35. The van der Waals surface area contributed by atoms with E-state index in [0.29, 0.717) is 31.6 Å². The van der Waals surface area contributed by atoms with Gasteiger partial charge < -0.3 is 11.1 Å². The molecule has 8 heteroatoms. The average Bonchev–Trinajstić information content (AvgIpc) is 3.12. The molecule has 0 atom stereocenters. The number of halogens is 1. The lowest BCUT2D eigenvalue weighted by atomic mass is 9.82. The Morgan fingerprint density at radius 1 is 1.12 bits per heavy atom. The van der Waals surface area contributed by atoms with Gasteiger partial charge in [0.25, 0.3) is 0 Å². The van der Waals surface area contributed by atoms with Gasteiger partial charge in [0.05, 0.1) is 10.6 Å². The smallest absolute Gasteiger partial charge is 0.244 e. The van der Waals surface area contributed by atoms with E-state index in [2.05, 4.69) is 5.32 Å². The number of nitrogens with zero attached hydrogens (tertiary/aromatic N) is 1. The van der Waals surface area contributed by atoms with Crippen LogP contribution >= 0.6 is 11.6 Å². The molecule has 1 aromatic rings. The lowest BCUT2D eigenvalue weighted by Gasteiger charge is -2.31. The summed E-state index contributed by atoms with van der Waals surface area (Å²) in [5.74, 6) is -0.265. The van der Waals surface area contributed by atoms with Crippen molar-refractivity contribution in [2.24, 2.45) is 5.73 Å². The first kappa shape index (κ1) is 18.6. The van der Waals surface area contributed by atoms with Crippen LogP contribution in [-0.4, -0.2) is 37.3 Å². The number of anilines is 1. The van der Waals surface area contributed by atoms with Crippen LogP contribution in [0, 0.1) is 0 Å². The van der Waals surface area contributed by atoms with Crippen molar-refractivity contribution in [2.75, 3.05) is 18.4 Å². The molecule has 0 bridgehead atoms. The fourth-order valence-electron chi connectivity index (χ4n) is 3.51. The van der Waals surface area contributed by atoms with E-state index in [0.717, 1.165) is 32.1 Å². The van der Waals surface area contributed by atoms with Crippen LogP contribution in [0.4, 0.5) is 5.69 Å². The maximum absolute atomic E-state index is 12.8. The number of carbonyl (C=O) groups excluding carboxylic acids is 1. The second kappa shape index (κ2) is 7.23. The zero-order chi connectivity index (χ0) is 18.1. The molecule has 138 valence electrons. The van der Waals surface area contributed by atoms with Crippen molar-refractivity contribution < 1.29 is 13.2 Å². The monoisotopic (exact) mass is 385 g/mol. The quantitative estimate of drug-likeness (QED) is 0.833. The van der Waals surface area contributed by atoms with Crippen molar-refractivity contribution in [1.82, 2.24) is 4.31 Å². The minimum absolute atomic E-state index is 0.0311. The minimum atomic E-state index is -3.65. The number of sulfonamides is 1. The van der Waals surface area contributed by atoms with E-state index < -0.39 is 15.6 Å². The molecule has 1 aliphatic heterocycles. The fourth-order valence-corrected chi connectivity index (χ4v) is 5.53. The molecule has 1 heterocycles. The van der Waals surface area contributed by atoms with Crippen molar-refractivity contribution in [3.05, 3.63) is 23.2 Å². The summed E-state index contributed by atoms with van der Waals surface area (Å²) in [5, 5.41) is 2.93. The van der Waals surface area contributed by atoms with Crippen LogP contribution in [0.15, 0.2) is 23.1 Å². The normalized spacial score (nSPS) is 21.2. The molecule has 3 N–H and O–H groups in total. The average molecular weight is 386 g/mol. The van der Waals surface area contributed by atoms with Crippen LogP contribution in [0.2, 0.25) is 5.02 Å². The Bertz CT molecular complexity index is 754. The molecule has 2 aliphatic rings.